The van der Waals surface area contributed by atoms with E-state index in [2.05, 4.69) is 10.6 Å². The van der Waals surface area contributed by atoms with E-state index in [1.807, 2.05) is 6.07 Å². The molecule has 1 saturated heterocycles. The van der Waals surface area contributed by atoms with Gasteiger partial charge >= 0.3 is 0 Å². The molecule has 22 heavy (non-hydrogen) atoms. The molecule has 122 valence electrons. The number of hydrogen-bond acceptors (Lipinski definition) is 5. The summed E-state index contributed by atoms with van der Waals surface area (Å²) in [7, 11) is -1.43. The molecule has 2 N–H and O–H groups in total. The summed E-state index contributed by atoms with van der Waals surface area (Å²) in [5.74, 6) is 0.627. The van der Waals surface area contributed by atoms with Gasteiger partial charge in [-0.3, -0.25) is 4.79 Å². The summed E-state index contributed by atoms with van der Waals surface area (Å²) in [6.45, 7) is 0.438. The van der Waals surface area contributed by atoms with Gasteiger partial charge in [-0.15, -0.1) is 0 Å². The van der Waals surface area contributed by atoms with Crippen LogP contribution >= 0.6 is 11.6 Å². The summed E-state index contributed by atoms with van der Waals surface area (Å²) in [6.07, 6.45) is 0.760. The lowest BCUT2D eigenvalue weighted by Crippen LogP contribution is -2.36. The van der Waals surface area contributed by atoms with E-state index in [4.69, 9.17) is 16.3 Å². The van der Waals surface area contributed by atoms with Crippen molar-refractivity contribution in [2.75, 3.05) is 30.5 Å². The van der Waals surface area contributed by atoms with Crippen molar-refractivity contribution in [3.8, 4) is 5.75 Å². The Kier molecular flexibility index (Phi) is 5.52. The number of halogens is 1. The number of carbonyl (C=O) groups is 1. The van der Waals surface area contributed by atoms with Gasteiger partial charge in [0.15, 0.2) is 9.84 Å². The third kappa shape index (κ3) is 4.78. The summed E-state index contributed by atoms with van der Waals surface area (Å²) < 4.78 is 27.7. The number of hydrogen-bond donors (Lipinski definition) is 2. The van der Waals surface area contributed by atoms with Crippen molar-refractivity contribution in [3.05, 3.63) is 23.2 Å². The molecule has 8 heteroatoms. The number of nitrogens with one attached hydrogen (secondary N) is 2. The van der Waals surface area contributed by atoms with Crippen molar-refractivity contribution >= 4 is 33.0 Å². The van der Waals surface area contributed by atoms with Crippen LogP contribution in [0, 0.1) is 0 Å². The summed E-state index contributed by atoms with van der Waals surface area (Å²) >= 11 is 6.01. The highest BCUT2D eigenvalue weighted by atomic mass is 35.5. The fourth-order valence-electron chi connectivity index (χ4n) is 2.31. The first-order valence-corrected chi connectivity index (χ1v) is 9.17. The summed E-state index contributed by atoms with van der Waals surface area (Å²) in [5, 5.41) is 6.33. The molecule has 1 amide bonds. The number of methoxy groups -OCH3 is 1. The maximum Gasteiger partial charge on any atom is 0.222 e. The van der Waals surface area contributed by atoms with Crippen LogP contribution in [0.5, 0.6) is 5.75 Å². The number of benzene rings is 1. The molecule has 1 heterocycles. The maximum absolute atomic E-state index is 11.8. The molecule has 0 saturated carbocycles. The van der Waals surface area contributed by atoms with Gasteiger partial charge < -0.3 is 15.4 Å². The maximum atomic E-state index is 11.8. The average Bonchev–Trinajstić information content (AvgIpc) is 2.78. The smallest absolute Gasteiger partial charge is 0.222 e. The van der Waals surface area contributed by atoms with E-state index in [0.29, 0.717) is 23.7 Å². The minimum Gasteiger partial charge on any atom is -0.495 e. The first-order valence-electron chi connectivity index (χ1n) is 6.97. The fraction of sp³-hybridized carbons (Fsp3) is 0.500. The Balaban J connectivity index is 1.74. The Morgan fingerprint density at radius 2 is 2.23 bits per heavy atom. The van der Waals surface area contributed by atoms with Crippen LogP contribution in [0.15, 0.2) is 18.2 Å². The Hall–Kier alpha value is -1.47. The molecule has 6 nitrogen and oxygen atoms in total. The van der Waals surface area contributed by atoms with Gasteiger partial charge in [0.2, 0.25) is 5.91 Å². The number of rotatable bonds is 6. The van der Waals surface area contributed by atoms with E-state index < -0.39 is 9.84 Å². The summed E-state index contributed by atoms with van der Waals surface area (Å²) in [6, 6.07) is 5.02. The van der Waals surface area contributed by atoms with E-state index in [-0.39, 0.29) is 29.9 Å². The van der Waals surface area contributed by atoms with E-state index in [0.717, 1.165) is 5.69 Å². The van der Waals surface area contributed by atoms with Crippen LogP contribution in [-0.2, 0) is 14.6 Å². The third-order valence-corrected chi connectivity index (χ3v) is 5.49. The quantitative estimate of drug-likeness (QED) is 0.814. The Morgan fingerprint density at radius 3 is 2.82 bits per heavy atom. The molecule has 1 aromatic carbocycles. The highest BCUT2D eigenvalue weighted by molar-refractivity contribution is 7.91. The summed E-state index contributed by atoms with van der Waals surface area (Å²) in [5.41, 5.74) is 0.794. The normalized spacial score (nSPS) is 19.6. The highest BCUT2D eigenvalue weighted by Crippen LogP contribution is 2.27. The van der Waals surface area contributed by atoms with E-state index in [1.54, 1.807) is 19.2 Å². The van der Waals surface area contributed by atoms with Crippen LogP contribution in [0.25, 0.3) is 0 Å². The third-order valence-electron chi connectivity index (χ3n) is 3.43. The van der Waals surface area contributed by atoms with Gasteiger partial charge in [-0.05, 0) is 24.6 Å². The zero-order chi connectivity index (χ0) is 16.2. The van der Waals surface area contributed by atoms with E-state index in [9.17, 15) is 13.2 Å². The minimum atomic E-state index is -2.97. The molecule has 1 aliphatic heterocycles. The van der Waals surface area contributed by atoms with Crippen molar-refractivity contribution < 1.29 is 17.9 Å². The number of ether oxygens (including phenoxy) is 1. The fourth-order valence-corrected chi connectivity index (χ4v) is 4.24. The molecular weight excluding hydrogens is 328 g/mol. The highest BCUT2D eigenvalue weighted by Gasteiger charge is 2.28. The van der Waals surface area contributed by atoms with Gasteiger partial charge in [0.1, 0.15) is 5.75 Å². The van der Waals surface area contributed by atoms with Crippen LogP contribution in [0.1, 0.15) is 12.8 Å². The molecule has 1 aliphatic rings. The molecule has 1 unspecified atom stereocenters. The van der Waals surface area contributed by atoms with Crippen molar-refractivity contribution in [2.45, 2.75) is 18.9 Å². The van der Waals surface area contributed by atoms with Crippen molar-refractivity contribution in [2.24, 2.45) is 0 Å². The molecular formula is C14H19ClN2O4S. The second-order valence-corrected chi connectivity index (χ2v) is 7.83. The van der Waals surface area contributed by atoms with Gasteiger partial charge in [0, 0.05) is 24.7 Å². The Morgan fingerprint density at radius 1 is 1.45 bits per heavy atom. The Bertz CT molecular complexity index is 648. The molecule has 0 aromatic heterocycles. The van der Waals surface area contributed by atoms with E-state index >= 15 is 0 Å². The van der Waals surface area contributed by atoms with Crippen LogP contribution in [-0.4, -0.2) is 45.5 Å². The zero-order valence-corrected chi connectivity index (χ0v) is 13.8. The number of sulfone groups is 1. The zero-order valence-electron chi connectivity index (χ0n) is 12.3. The van der Waals surface area contributed by atoms with Crippen LogP contribution in [0.2, 0.25) is 5.02 Å². The lowest BCUT2D eigenvalue weighted by atomic mass is 10.2. The van der Waals surface area contributed by atoms with Gasteiger partial charge in [-0.2, -0.15) is 0 Å². The molecule has 1 aromatic rings. The molecule has 0 bridgehead atoms. The van der Waals surface area contributed by atoms with Crippen LogP contribution < -0.4 is 15.4 Å². The molecule has 0 radical (unpaired) electrons. The molecule has 1 atom stereocenters. The molecule has 1 fully saturated rings. The first-order chi connectivity index (χ1) is 10.4. The number of carbonyl (C=O) groups excluding carboxylic acids is 1. The Labute approximate surface area is 135 Å². The standard InChI is InChI=1S/C14H19ClN2O4S/c1-21-13-3-2-10(8-12(13)15)16-6-4-14(18)17-11-5-7-22(19,20)9-11/h2-3,8,11,16H,4-7,9H2,1H3,(H,17,18). The minimum absolute atomic E-state index is 0.0419. The van der Waals surface area contributed by atoms with Gasteiger partial charge in [-0.1, -0.05) is 11.6 Å². The first kappa shape index (κ1) is 16.9. The second-order valence-electron chi connectivity index (χ2n) is 5.19. The number of amides is 1. The second kappa shape index (κ2) is 7.19. The predicted molar refractivity (Wildman–Crippen MR) is 86.3 cm³/mol. The van der Waals surface area contributed by atoms with Crippen molar-refractivity contribution in [1.82, 2.24) is 5.32 Å². The average molecular weight is 347 g/mol. The topological polar surface area (TPSA) is 84.5 Å². The lowest BCUT2D eigenvalue weighted by Gasteiger charge is -2.12. The van der Waals surface area contributed by atoms with Crippen LogP contribution in [0.3, 0.4) is 0 Å². The monoisotopic (exact) mass is 346 g/mol. The van der Waals surface area contributed by atoms with Gasteiger partial charge in [0.25, 0.3) is 0 Å². The largest absolute Gasteiger partial charge is 0.495 e. The predicted octanol–water partition coefficient (Wildman–Crippen LogP) is 1.45. The van der Waals surface area contributed by atoms with Crippen molar-refractivity contribution in [3.63, 3.8) is 0 Å². The summed E-state index contributed by atoms with van der Waals surface area (Å²) in [4.78, 5) is 11.8. The molecule has 0 spiro atoms. The van der Waals surface area contributed by atoms with Gasteiger partial charge in [-0.25, -0.2) is 8.42 Å². The SMILES string of the molecule is COc1ccc(NCCC(=O)NC2CCS(=O)(=O)C2)cc1Cl. The van der Waals surface area contributed by atoms with E-state index in [1.165, 1.54) is 0 Å². The number of anilines is 1. The molecule has 2 rings (SSSR count). The lowest BCUT2D eigenvalue weighted by molar-refractivity contribution is -0.121. The van der Waals surface area contributed by atoms with Crippen LogP contribution in [0.4, 0.5) is 5.69 Å². The van der Waals surface area contributed by atoms with Crippen molar-refractivity contribution in [1.29, 1.82) is 0 Å². The molecule has 0 aliphatic carbocycles. The van der Waals surface area contributed by atoms with Gasteiger partial charge in [0.05, 0.1) is 23.6 Å².